The van der Waals surface area contributed by atoms with Crippen LogP contribution < -0.4 is 4.72 Å². The van der Waals surface area contributed by atoms with E-state index in [1.54, 1.807) is 10.9 Å². The lowest BCUT2D eigenvalue weighted by molar-refractivity contribution is 0.467. The normalized spacial score (nSPS) is 15.1. The van der Waals surface area contributed by atoms with Crippen molar-refractivity contribution in [3.8, 4) is 17.0 Å². The van der Waals surface area contributed by atoms with Crippen LogP contribution in [0.5, 0.6) is 5.75 Å². The first-order chi connectivity index (χ1) is 13.0. The fraction of sp³-hybridized carbons (Fsp3) is 0.250. The summed E-state index contributed by atoms with van der Waals surface area (Å²) < 4.78 is 30.6. The molecule has 1 saturated carbocycles. The van der Waals surface area contributed by atoms with Crippen LogP contribution in [0, 0.1) is 0 Å². The van der Waals surface area contributed by atoms with Gasteiger partial charge in [-0.2, -0.15) is 5.10 Å². The van der Waals surface area contributed by atoms with Crippen LogP contribution in [0.2, 0.25) is 0 Å². The molecule has 27 heavy (non-hydrogen) atoms. The zero-order valence-corrected chi connectivity index (χ0v) is 15.6. The number of anilines is 1. The maximum Gasteiger partial charge on any atom is 0.265 e. The van der Waals surface area contributed by atoms with Crippen molar-refractivity contribution in [1.82, 2.24) is 9.78 Å². The Morgan fingerprint density at radius 2 is 1.67 bits per heavy atom. The number of aromatic hydroxyl groups is 1. The number of rotatable bonds is 5. The zero-order valence-electron chi connectivity index (χ0n) is 14.7. The minimum Gasteiger partial charge on any atom is -0.508 e. The molecule has 0 saturated heterocycles. The van der Waals surface area contributed by atoms with E-state index in [1.807, 2.05) is 30.3 Å². The molecule has 140 valence electrons. The smallest absolute Gasteiger partial charge is 0.265 e. The van der Waals surface area contributed by atoms with Gasteiger partial charge in [-0.25, -0.2) is 8.42 Å². The number of phenolic OH excluding ortho intramolecular Hbond substituents is 1. The monoisotopic (exact) mass is 383 g/mol. The summed E-state index contributed by atoms with van der Waals surface area (Å²) in [5.74, 6) is 0.0805. The van der Waals surface area contributed by atoms with Crippen molar-refractivity contribution >= 4 is 15.7 Å². The first-order valence-corrected chi connectivity index (χ1v) is 10.5. The quantitative estimate of drug-likeness (QED) is 0.648. The minimum absolute atomic E-state index is 0.0805. The number of nitrogens with zero attached hydrogens (tertiary/aromatic N) is 2. The highest BCUT2D eigenvalue weighted by atomic mass is 32.2. The lowest BCUT2D eigenvalue weighted by atomic mass is 10.2. The summed E-state index contributed by atoms with van der Waals surface area (Å²) in [6.45, 7) is 0. The van der Waals surface area contributed by atoms with Gasteiger partial charge in [0.2, 0.25) is 0 Å². The number of hydrogen-bond donors (Lipinski definition) is 2. The molecule has 2 aromatic carbocycles. The second kappa shape index (κ2) is 7.08. The summed E-state index contributed by atoms with van der Waals surface area (Å²) in [5, 5.41) is 14.0. The van der Waals surface area contributed by atoms with Crippen LogP contribution in [0.1, 0.15) is 31.7 Å². The van der Waals surface area contributed by atoms with Crippen molar-refractivity contribution in [2.24, 2.45) is 0 Å². The summed E-state index contributed by atoms with van der Waals surface area (Å²) in [6, 6.07) is 15.5. The Balaban J connectivity index is 1.76. The maximum atomic E-state index is 13.1. The van der Waals surface area contributed by atoms with E-state index in [0.29, 0.717) is 11.4 Å². The number of aromatic nitrogens is 2. The highest BCUT2D eigenvalue weighted by Gasteiger charge is 2.27. The zero-order chi connectivity index (χ0) is 18.9. The van der Waals surface area contributed by atoms with Gasteiger partial charge in [0.15, 0.2) is 0 Å². The second-order valence-corrected chi connectivity index (χ2v) is 8.43. The molecule has 1 aliphatic carbocycles. The summed E-state index contributed by atoms with van der Waals surface area (Å²) in [5.41, 5.74) is 1.61. The van der Waals surface area contributed by atoms with Gasteiger partial charge in [0.25, 0.3) is 10.0 Å². The Kier molecular flexibility index (Phi) is 4.61. The van der Waals surface area contributed by atoms with Crippen LogP contribution in [0.25, 0.3) is 11.3 Å². The van der Waals surface area contributed by atoms with Crippen molar-refractivity contribution in [2.75, 3.05) is 4.72 Å². The molecule has 0 radical (unpaired) electrons. The van der Waals surface area contributed by atoms with Crippen LogP contribution in [-0.4, -0.2) is 23.3 Å². The summed E-state index contributed by atoms with van der Waals surface area (Å²) >= 11 is 0. The molecule has 1 aliphatic rings. The van der Waals surface area contributed by atoms with E-state index < -0.39 is 10.0 Å². The lowest BCUT2D eigenvalue weighted by Gasteiger charge is -2.09. The number of hydrogen-bond acceptors (Lipinski definition) is 4. The minimum atomic E-state index is -3.83. The highest BCUT2D eigenvalue weighted by Crippen LogP contribution is 2.34. The Bertz CT molecular complexity index is 1020. The number of sulfonamides is 1. The van der Waals surface area contributed by atoms with E-state index in [0.717, 1.165) is 31.2 Å². The molecule has 7 heteroatoms. The van der Waals surface area contributed by atoms with Crippen molar-refractivity contribution in [3.05, 3.63) is 60.8 Å². The van der Waals surface area contributed by atoms with E-state index >= 15 is 0 Å². The van der Waals surface area contributed by atoms with Gasteiger partial charge in [-0.1, -0.05) is 43.2 Å². The van der Waals surface area contributed by atoms with Gasteiger partial charge < -0.3 is 5.11 Å². The van der Waals surface area contributed by atoms with Crippen molar-refractivity contribution < 1.29 is 13.5 Å². The molecular weight excluding hydrogens is 362 g/mol. The number of phenols is 1. The maximum absolute atomic E-state index is 13.1. The largest absolute Gasteiger partial charge is 0.508 e. The van der Waals surface area contributed by atoms with Crippen molar-refractivity contribution in [2.45, 2.75) is 36.6 Å². The second-order valence-electron chi connectivity index (χ2n) is 6.78. The van der Waals surface area contributed by atoms with Crippen LogP contribution in [0.4, 0.5) is 5.69 Å². The average Bonchev–Trinajstić information content (AvgIpc) is 3.34. The predicted octanol–water partition coefficient (Wildman–Crippen LogP) is 4.17. The average molecular weight is 383 g/mol. The molecular formula is C20H21N3O3S. The molecule has 0 atom stereocenters. The Morgan fingerprint density at radius 1 is 1.00 bits per heavy atom. The third kappa shape index (κ3) is 3.68. The molecule has 0 amide bonds. The summed E-state index contributed by atoms with van der Waals surface area (Å²) in [4.78, 5) is 0.161. The molecule has 0 bridgehead atoms. The van der Waals surface area contributed by atoms with Crippen molar-refractivity contribution in [3.63, 3.8) is 0 Å². The van der Waals surface area contributed by atoms with Gasteiger partial charge >= 0.3 is 0 Å². The molecule has 4 rings (SSSR count). The molecule has 6 nitrogen and oxygen atoms in total. The van der Waals surface area contributed by atoms with E-state index in [1.165, 1.54) is 24.3 Å². The molecule has 2 N–H and O–H groups in total. The van der Waals surface area contributed by atoms with Crippen molar-refractivity contribution in [1.29, 1.82) is 0 Å². The molecule has 0 aliphatic heterocycles. The first kappa shape index (κ1) is 17.6. The third-order valence-electron chi connectivity index (χ3n) is 4.85. The van der Waals surface area contributed by atoms with Gasteiger partial charge in [-0.05, 0) is 37.1 Å². The topological polar surface area (TPSA) is 84.2 Å². The van der Waals surface area contributed by atoms with Gasteiger partial charge in [-0.15, -0.1) is 0 Å². The van der Waals surface area contributed by atoms with Gasteiger partial charge in [-0.3, -0.25) is 9.40 Å². The van der Waals surface area contributed by atoms with E-state index in [9.17, 15) is 13.5 Å². The van der Waals surface area contributed by atoms with Crippen LogP contribution in [0.15, 0.2) is 65.7 Å². The van der Waals surface area contributed by atoms with E-state index in [-0.39, 0.29) is 16.7 Å². The first-order valence-electron chi connectivity index (χ1n) is 8.99. The molecule has 3 aromatic rings. The van der Waals surface area contributed by atoms with E-state index in [2.05, 4.69) is 9.82 Å². The summed E-state index contributed by atoms with van der Waals surface area (Å²) in [7, 11) is -3.83. The van der Waals surface area contributed by atoms with Crippen LogP contribution >= 0.6 is 0 Å². The molecule has 1 heterocycles. The number of benzene rings is 2. The Hall–Kier alpha value is -2.80. The Morgan fingerprint density at radius 3 is 2.33 bits per heavy atom. The fourth-order valence-electron chi connectivity index (χ4n) is 3.46. The highest BCUT2D eigenvalue weighted by molar-refractivity contribution is 7.92. The molecule has 0 unspecified atom stereocenters. The fourth-order valence-corrected chi connectivity index (χ4v) is 4.68. The SMILES string of the molecule is O=S(=O)(Nc1ccc(O)cc1)c1cn(C2CCCC2)nc1-c1ccccc1. The molecule has 0 spiro atoms. The lowest BCUT2D eigenvalue weighted by Crippen LogP contribution is -2.13. The van der Waals surface area contributed by atoms with E-state index in [4.69, 9.17) is 0 Å². The number of nitrogens with one attached hydrogen (secondary N) is 1. The van der Waals surface area contributed by atoms with Crippen LogP contribution in [0.3, 0.4) is 0 Å². The van der Waals surface area contributed by atoms with Gasteiger partial charge in [0.1, 0.15) is 16.3 Å². The summed E-state index contributed by atoms with van der Waals surface area (Å²) in [6.07, 6.45) is 5.95. The van der Waals surface area contributed by atoms with Gasteiger partial charge in [0.05, 0.1) is 6.04 Å². The Labute approximate surface area is 158 Å². The molecule has 1 aromatic heterocycles. The standard InChI is InChI=1S/C20H21N3O3S/c24-18-12-10-16(11-13-18)22-27(25,26)19-14-23(17-8-4-5-9-17)21-20(19)15-6-2-1-3-7-15/h1-3,6-7,10-14,17,22,24H,4-5,8-9H2. The predicted molar refractivity (Wildman–Crippen MR) is 104 cm³/mol. The van der Waals surface area contributed by atoms with Gasteiger partial charge in [0, 0.05) is 17.4 Å². The molecule has 1 fully saturated rings. The third-order valence-corrected chi connectivity index (χ3v) is 6.24. The van der Waals surface area contributed by atoms with Crippen LogP contribution in [-0.2, 0) is 10.0 Å².